The van der Waals surface area contributed by atoms with Crippen molar-refractivity contribution < 1.29 is 19.0 Å². The van der Waals surface area contributed by atoms with Crippen LogP contribution in [0.4, 0.5) is 4.79 Å². The molecule has 136 valence electrons. The van der Waals surface area contributed by atoms with Crippen molar-refractivity contribution >= 4 is 6.09 Å². The number of benzene rings is 1. The number of methoxy groups -OCH3 is 2. The van der Waals surface area contributed by atoms with Crippen LogP contribution in [0.15, 0.2) is 18.2 Å². The molecule has 2 unspecified atom stereocenters. The fourth-order valence-electron chi connectivity index (χ4n) is 2.20. The summed E-state index contributed by atoms with van der Waals surface area (Å²) < 4.78 is 15.9. The summed E-state index contributed by atoms with van der Waals surface area (Å²) >= 11 is 0. The Balaban J connectivity index is 2.56. The lowest BCUT2D eigenvalue weighted by Gasteiger charge is -2.23. The number of carbonyl (C=O) groups is 1. The van der Waals surface area contributed by atoms with E-state index < -0.39 is 11.7 Å². The number of ether oxygens (including phenoxy) is 3. The van der Waals surface area contributed by atoms with Gasteiger partial charge >= 0.3 is 6.09 Å². The molecule has 0 saturated heterocycles. The number of hydrogen-bond donors (Lipinski definition) is 2. The first-order valence-corrected chi connectivity index (χ1v) is 8.11. The average Bonchev–Trinajstić information content (AvgIpc) is 2.49. The standard InChI is InChI=1S/C18H30N2O4/c1-12(20-17(21)24-18(3,4)5)11-19-13(2)15-9-8-14(22-6)10-16(15)23-7/h8-10,12-13,19H,11H2,1-7H3,(H,20,21). The van der Waals surface area contributed by atoms with E-state index in [-0.39, 0.29) is 12.1 Å². The van der Waals surface area contributed by atoms with E-state index >= 15 is 0 Å². The average molecular weight is 338 g/mol. The van der Waals surface area contributed by atoms with Crippen LogP contribution >= 0.6 is 0 Å². The zero-order valence-electron chi connectivity index (χ0n) is 15.7. The second-order valence-electron chi connectivity index (χ2n) is 6.79. The Kier molecular flexibility index (Phi) is 7.35. The first-order chi connectivity index (χ1) is 11.2. The van der Waals surface area contributed by atoms with Gasteiger partial charge < -0.3 is 24.8 Å². The summed E-state index contributed by atoms with van der Waals surface area (Å²) in [4.78, 5) is 11.8. The lowest BCUT2D eigenvalue weighted by Crippen LogP contribution is -2.43. The number of rotatable bonds is 7. The largest absolute Gasteiger partial charge is 0.497 e. The van der Waals surface area contributed by atoms with Gasteiger partial charge in [-0.3, -0.25) is 0 Å². The molecule has 0 aliphatic rings. The van der Waals surface area contributed by atoms with Crippen molar-refractivity contribution in [2.24, 2.45) is 0 Å². The number of amides is 1. The van der Waals surface area contributed by atoms with E-state index in [0.717, 1.165) is 17.1 Å². The first kappa shape index (κ1) is 20.1. The summed E-state index contributed by atoms with van der Waals surface area (Å²) in [7, 11) is 3.26. The minimum Gasteiger partial charge on any atom is -0.497 e. The SMILES string of the molecule is COc1ccc(C(C)NCC(C)NC(=O)OC(C)(C)C)c(OC)c1. The monoisotopic (exact) mass is 338 g/mol. The van der Waals surface area contributed by atoms with Gasteiger partial charge in [0.2, 0.25) is 0 Å². The molecule has 0 saturated carbocycles. The topological polar surface area (TPSA) is 68.8 Å². The van der Waals surface area contributed by atoms with Gasteiger partial charge in [0.1, 0.15) is 17.1 Å². The summed E-state index contributed by atoms with van der Waals surface area (Å²) in [6.07, 6.45) is -0.411. The zero-order valence-corrected chi connectivity index (χ0v) is 15.7. The molecule has 0 aromatic heterocycles. The van der Waals surface area contributed by atoms with Gasteiger partial charge in [0.05, 0.1) is 14.2 Å². The van der Waals surface area contributed by atoms with Crippen molar-refractivity contribution in [1.82, 2.24) is 10.6 Å². The van der Waals surface area contributed by atoms with Gasteiger partial charge in [0, 0.05) is 30.3 Å². The van der Waals surface area contributed by atoms with Crippen molar-refractivity contribution in [2.45, 2.75) is 52.3 Å². The third-order valence-corrected chi connectivity index (χ3v) is 3.40. The molecule has 0 bridgehead atoms. The Morgan fingerprint density at radius 1 is 1.17 bits per heavy atom. The number of alkyl carbamates (subject to hydrolysis) is 1. The molecule has 1 aromatic rings. The van der Waals surface area contributed by atoms with E-state index in [1.807, 2.05) is 52.8 Å². The van der Waals surface area contributed by atoms with Crippen LogP contribution in [0.5, 0.6) is 11.5 Å². The highest BCUT2D eigenvalue weighted by Crippen LogP contribution is 2.29. The third kappa shape index (κ3) is 6.66. The third-order valence-electron chi connectivity index (χ3n) is 3.40. The van der Waals surface area contributed by atoms with E-state index in [2.05, 4.69) is 10.6 Å². The van der Waals surface area contributed by atoms with Crippen LogP contribution in [-0.2, 0) is 4.74 Å². The minimum atomic E-state index is -0.499. The molecule has 6 nitrogen and oxygen atoms in total. The maximum atomic E-state index is 11.8. The van der Waals surface area contributed by atoms with Crippen LogP contribution in [0.2, 0.25) is 0 Å². The molecule has 2 atom stereocenters. The fourth-order valence-corrected chi connectivity index (χ4v) is 2.20. The molecular formula is C18H30N2O4. The molecule has 0 fully saturated rings. The Labute approximate surface area is 144 Å². The van der Waals surface area contributed by atoms with Crippen LogP contribution < -0.4 is 20.1 Å². The number of hydrogen-bond acceptors (Lipinski definition) is 5. The molecule has 0 heterocycles. The summed E-state index contributed by atoms with van der Waals surface area (Å²) in [5, 5.41) is 6.20. The Morgan fingerprint density at radius 2 is 1.83 bits per heavy atom. The number of nitrogens with one attached hydrogen (secondary N) is 2. The lowest BCUT2D eigenvalue weighted by atomic mass is 10.1. The summed E-state index contributed by atoms with van der Waals surface area (Å²) in [5.41, 5.74) is 0.531. The Morgan fingerprint density at radius 3 is 2.38 bits per heavy atom. The molecule has 2 N–H and O–H groups in total. The quantitative estimate of drug-likeness (QED) is 0.798. The molecule has 6 heteroatoms. The van der Waals surface area contributed by atoms with Crippen LogP contribution in [0.25, 0.3) is 0 Å². The molecule has 0 aliphatic heterocycles. The maximum Gasteiger partial charge on any atom is 0.407 e. The normalized spacial score (nSPS) is 13.8. The van der Waals surface area contributed by atoms with Crippen molar-refractivity contribution in [2.75, 3.05) is 20.8 Å². The predicted molar refractivity (Wildman–Crippen MR) is 94.8 cm³/mol. The van der Waals surface area contributed by atoms with Gasteiger partial charge in [-0.1, -0.05) is 6.07 Å². The summed E-state index contributed by atoms with van der Waals surface area (Å²) in [6, 6.07) is 5.73. The van der Waals surface area contributed by atoms with Crippen LogP contribution in [0.1, 0.15) is 46.2 Å². The van der Waals surface area contributed by atoms with Crippen molar-refractivity contribution in [3.8, 4) is 11.5 Å². The fraction of sp³-hybridized carbons (Fsp3) is 0.611. The van der Waals surface area contributed by atoms with E-state index in [4.69, 9.17) is 14.2 Å². The van der Waals surface area contributed by atoms with Crippen LogP contribution in [0, 0.1) is 0 Å². The highest BCUT2D eigenvalue weighted by Gasteiger charge is 2.18. The van der Waals surface area contributed by atoms with E-state index in [9.17, 15) is 4.79 Å². The lowest BCUT2D eigenvalue weighted by molar-refractivity contribution is 0.0507. The van der Waals surface area contributed by atoms with Gasteiger partial charge in [-0.2, -0.15) is 0 Å². The molecule has 0 radical (unpaired) electrons. The second kappa shape index (κ2) is 8.78. The van der Waals surface area contributed by atoms with Crippen molar-refractivity contribution in [1.29, 1.82) is 0 Å². The highest BCUT2D eigenvalue weighted by atomic mass is 16.6. The summed E-state index contributed by atoms with van der Waals surface area (Å²) in [6.45, 7) is 10.1. The van der Waals surface area contributed by atoms with Gasteiger partial charge in [-0.15, -0.1) is 0 Å². The zero-order chi connectivity index (χ0) is 18.3. The van der Waals surface area contributed by atoms with E-state index in [0.29, 0.717) is 6.54 Å². The Bertz CT molecular complexity index is 540. The second-order valence-corrected chi connectivity index (χ2v) is 6.79. The molecular weight excluding hydrogens is 308 g/mol. The maximum absolute atomic E-state index is 11.8. The molecule has 1 aromatic carbocycles. The molecule has 1 amide bonds. The Hall–Kier alpha value is -1.95. The van der Waals surface area contributed by atoms with Crippen LogP contribution in [0.3, 0.4) is 0 Å². The van der Waals surface area contributed by atoms with Crippen molar-refractivity contribution in [3.63, 3.8) is 0 Å². The highest BCUT2D eigenvalue weighted by molar-refractivity contribution is 5.68. The first-order valence-electron chi connectivity index (χ1n) is 8.11. The van der Waals surface area contributed by atoms with Gasteiger partial charge in [-0.05, 0) is 40.7 Å². The minimum absolute atomic E-state index is 0.0634. The van der Waals surface area contributed by atoms with Crippen LogP contribution in [-0.4, -0.2) is 38.5 Å². The predicted octanol–water partition coefficient (Wildman–Crippen LogP) is 3.27. The smallest absolute Gasteiger partial charge is 0.407 e. The van der Waals surface area contributed by atoms with Gasteiger partial charge in [0.25, 0.3) is 0 Å². The van der Waals surface area contributed by atoms with Crippen molar-refractivity contribution in [3.05, 3.63) is 23.8 Å². The molecule has 1 rings (SSSR count). The molecule has 0 aliphatic carbocycles. The van der Waals surface area contributed by atoms with E-state index in [1.165, 1.54) is 0 Å². The van der Waals surface area contributed by atoms with Gasteiger partial charge in [-0.25, -0.2) is 4.79 Å². The molecule has 0 spiro atoms. The number of carbonyl (C=O) groups excluding carboxylic acids is 1. The van der Waals surface area contributed by atoms with Gasteiger partial charge in [0.15, 0.2) is 0 Å². The summed E-state index contributed by atoms with van der Waals surface area (Å²) in [5.74, 6) is 1.52. The van der Waals surface area contributed by atoms with E-state index in [1.54, 1.807) is 14.2 Å². The molecule has 24 heavy (non-hydrogen) atoms.